The van der Waals surface area contributed by atoms with Gasteiger partial charge in [0.15, 0.2) is 0 Å². The molecule has 0 radical (unpaired) electrons. The Labute approximate surface area is 226 Å². The number of halogens is 1. The fraction of sp³-hybridized carbons (Fsp3) is 0.160. The van der Waals surface area contributed by atoms with E-state index in [1.165, 1.54) is 33.4 Å². The van der Waals surface area contributed by atoms with E-state index < -0.39 is 29.7 Å². The molecule has 1 atom stereocenters. The number of anilines is 2. The fourth-order valence-electron chi connectivity index (χ4n) is 3.62. The van der Waals surface area contributed by atoms with Crippen molar-refractivity contribution >= 4 is 75.3 Å². The summed E-state index contributed by atoms with van der Waals surface area (Å²) >= 11 is 12.8. The van der Waals surface area contributed by atoms with E-state index >= 15 is 0 Å². The highest BCUT2D eigenvalue weighted by Crippen LogP contribution is 2.27. The van der Waals surface area contributed by atoms with E-state index in [0.717, 1.165) is 0 Å². The molecule has 1 aromatic heterocycles. The highest BCUT2D eigenvalue weighted by Gasteiger charge is 2.45. The van der Waals surface area contributed by atoms with Crippen LogP contribution in [0.5, 0.6) is 0 Å². The number of esters is 1. The first kappa shape index (κ1) is 26.3. The summed E-state index contributed by atoms with van der Waals surface area (Å²) in [7, 11) is 0. The number of ether oxygens (including phenoxy) is 1. The largest absolute Gasteiger partial charge is 0.462 e. The molecule has 1 aliphatic heterocycles. The zero-order valence-electron chi connectivity index (χ0n) is 19.5. The molecule has 4 rings (SSSR count). The standard InChI is InChI=1S/C25H21ClN4O5S2/c1-2-35-24(34)15-8-10-18(11-9-15)29-23(33)19(14-21(31)27-17-6-3-5-16(26)13-17)30(25(29)36)28-22(32)20-7-4-12-37-20/h3-13,19H,2,14H2,1H3,(H,27,31)(H,28,32). The van der Waals surface area contributed by atoms with Gasteiger partial charge in [-0.1, -0.05) is 23.7 Å². The Balaban J connectivity index is 1.59. The van der Waals surface area contributed by atoms with Crippen molar-refractivity contribution in [2.75, 3.05) is 16.8 Å². The van der Waals surface area contributed by atoms with Crippen LogP contribution < -0.4 is 15.6 Å². The minimum absolute atomic E-state index is 0.0145. The van der Waals surface area contributed by atoms with Crippen LogP contribution in [0.4, 0.5) is 11.4 Å². The molecule has 0 aliphatic carbocycles. The maximum Gasteiger partial charge on any atom is 0.338 e. The molecule has 1 unspecified atom stereocenters. The van der Waals surface area contributed by atoms with Crippen LogP contribution in [0.25, 0.3) is 0 Å². The first-order valence-corrected chi connectivity index (χ1v) is 12.8. The van der Waals surface area contributed by atoms with Gasteiger partial charge in [-0.15, -0.1) is 11.3 Å². The van der Waals surface area contributed by atoms with Crippen LogP contribution in [0, 0.1) is 0 Å². The summed E-state index contributed by atoms with van der Waals surface area (Å²) in [6.45, 7) is 1.93. The third-order valence-corrected chi connectivity index (χ3v) is 6.79. The Bertz CT molecular complexity index is 1350. The summed E-state index contributed by atoms with van der Waals surface area (Å²) in [6, 6.07) is 15.0. The molecule has 3 aromatic rings. The van der Waals surface area contributed by atoms with Crippen molar-refractivity contribution in [2.45, 2.75) is 19.4 Å². The van der Waals surface area contributed by atoms with Crippen LogP contribution in [0.2, 0.25) is 5.02 Å². The molecule has 1 fully saturated rings. The second-order valence-electron chi connectivity index (χ2n) is 7.79. The van der Waals surface area contributed by atoms with Crippen molar-refractivity contribution in [3.63, 3.8) is 0 Å². The van der Waals surface area contributed by atoms with Gasteiger partial charge >= 0.3 is 5.97 Å². The molecule has 3 amide bonds. The predicted molar refractivity (Wildman–Crippen MR) is 145 cm³/mol. The van der Waals surface area contributed by atoms with Crippen molar-refractivity contribution < 1.29 is 23.9 Å². The van der Waals surface area contributed by atoms with Crippen LogP contribution in [-0.2, 0) is 14.3 Å². The molecule has 2 heterocycles. The topological polar surface area (TPSA) is 108 Å². The van der Waals surface area contributed by atoms with Gasteiger partial charge in [0, 0.05) is 10.7 Å². The summed E-state index contributed by atoms with van der Waals surface area (Å²) < 4.78 is 5.00. The summed E-state index contributed by atoms with van der Waals surface area (Å²) in [5.74, 6) is -1.95. The number of benzene rings is 2. The van der Waals surface area contributed by atoms with E-state index in [4.69, 9.17) is 28.6 Å². The Kier molecular flexibility index (Phi) is 8.17. The lowest BCUT2D eigenvalue weighted by Crippen LogP contribution is -2.49. The number of thiocarbonyl (C=S) groups is 1. The quantitative estimate of drug-likeness (QED) is 0.315. The molecule has 1 aliphatic rings. The SMILES string of the molecule is CCOC(=O)c1ccc(N2C(=O)C(CC(=O)Nc3cccc(Cl)c3)N(NC(=O)c3cccs3)C2=S)cc1. The number of carbonyl (C=O) groups is 4. The Morgan fingerprint density at radius 2 is 1.86 bits per heavy atom. The monoisotopic (exact) mass is 556 g/mol. The molecule has 1 saturated heterocycles. The molecule has 2 aromatic carbocycles. The van der Waals surface area contributed by atoms with E-state index in [0.29, 0.717) is 26.8 Å². The molecule has 190 valence electrons. The third kappa shape index (κ3) is 5.96. The summed E-state index contributed by atoms with van der Waals surface area (Å²) in [4.78, 5) is 52.8. The molecule has 12 heteroatoms. The van der Waals surface area contributed by atoms with Gasteiger partial charge in [0.25, 0.3) is 11.8 Å². The van der Waals surface area contributed by atoms with Gasteiger partial charge in [0.2, 0.25) is 11.0 Å². The maximum absolute atomic E-state index is 13.5. The minimum Gasteiger partial charge on any atom is -0.462 e. The predicted octanol–water partition coefficient (Wildman–Crippen LogP) is 4.25. The molecule has 9 nitrogen and oxygen atoms in total. The maximum atomic E-state index is 13.5. The zero-order chi connectivity index (χ0) is 26.5. The van der Waals surface area contributed by atoms with E-state index in [1.54, 1.807) is 60.8 Å². The van der Waals surface area contributed by atoms with Gasteiger partial charge in [-0.3, -0.25) is 24.7 Å². The van der Waals surface area contributed by atoms with Crippen molar-refractivity contribution in [1.29, 1.82) is 0 Å². The Hall–Kier alpha value is -3.80. The van der Waals surface area contributed by atoms with Crippen molar-refractivity contribution in [3.8, 4) is 0 Å². The van der Waals surface area contributed by atoms with Crippen molar-refractivity contribution in [2.24, 2.45) is 0 Å². The number of carbonyl (C=O) groups excluding carboxylic acids is 4. The number of hydrogen-bond acceptors (Lipinski definition) is 7. The molecular weight excluding hydrogens is 536 g/mol. The van der Waals surface area contributed by atoms with Crippen LogP contribution >= 0.6 is 35.2 Å². The van der Waals surface area contributed by atoms with Gasteiger partial charge in [-0.05, 0) is 73.1 Å². The third-order valence-electron chi connectivity index (χ3n) is 5.31. The van der Waals surface area contributed by atoms with E-state index in [1.807, 2.05) is 0 Å². The average Bonchev–Trinajstić information content (AvgIpc) is 3.48. The second-order valence-corrected chi connectivity index (χ2v) is 9.54. The average molecular weight is 557 g/mol. The summed E-state index contributed by atoms with van der Waals surface area (Å²) in [6.07, 6.45) is -0.298. The highest BCUT2D eigenvalue weighted by molar-refractivity contribution is 7.80. The molecule has 2 N–H and O–H groups in total. The number of hydrazine groups is 1. The number of nitrogens with zero attached hydrogens (tertiary/aromatic N) is 2. The van der Waals surface area contributed by atoms with E-state index in [-0.39, 0.29) is 18.1 Å². The summed E-state index contributed by atoms with van der Waals surface area (Å²) in [5.41, 5.74) is 3.81. The van der Waals surface area contributed by atoms with Crippen LogP contribution in [0.3, 0.4) is 0 Å². The van der Waals surface area contributed by atoms with Gasteiger partial charge in [-0.25, -0.2) is 9.80 Å². The van der Waals surface area contributed by atoms with Crippen LogP contribution in [-0.4, -0.2) is 46.5 Å². The second kappa shape index (κ2) is 11.5. The lowest BCUT2D eigenvalue weighted by atomic mass is 10.1. The minimum atomic E-state index is -1.11. The number of nitrogens with one attached hydrogen (secondary N) is 2. The molecular formula is C25H21ClN4O5S2. The van der Waals surface area contributed by atoms with Crippen molar-refractivity contribution in [1.82, 2.24) is 10.4 Å². The number of rotatable bonds is 8. The van der Waals surface area contributed by atoms with Gasteiger partial charge in [-0.2, -0.15) is 0 Å². The number of amides is 3. The van der Waals surface area contributed by atoms with Gasteiger partial charge in [0.1, 0.15) is 6.04 Å². The van der Waals surface area contributed by atoms with Gasteiger partial charge < -0.3 is 10.1 Å². The molecule has 0 saturated carbocycles. The van der Waals surface area contributed by atoms with E-state index in [9.17, 15) is 19.2 Å². The van der Waals surface area contributed by atoms with Gasteiger partial charge in [0.05, 0.1) is 29.2 Å². The van der Waals surface area contributed by atoms with Crippen LogP contribution in [0.15, 0.2) is 66.0 Å². The highest BCUT2D eigenvalue weighted by atomic mass is 35.5. The molecule has 0 spiro atoms. The first-order chi connectivity index (χ1) is 17.8. The van der Waals surface area contributed by atoms with Crippen LogP contribution in [0.1, 0.15) is 33.4 Å². The van der Waals surface area contributed by atoms with E-state index in [2.05, 4.69) is 10.7 Å². The summed E-state index contributed by atoms with van der Waals surface area (Å²) in [5, 5.41) is 6.10. The number of hydrogen-bond donors (Lipinski definition) is 2. The van der Waals surface area contributed by atoms with Crippen molar-refractivity contribution in [3.05, 3.63) is 81.5 Å². The Morgan fingerprint density at radius 3 is 2.51 bits per heavy atom. The normalized spacial score (nSPS) is 15.0. The smallest absolute Gasteiger partial charge is 0.338 e. The first-order valence-electron chi connectivity index (χ1n) is 11.1. The molecule has 37 heavy (non-hydrogen) atoms. The lowest BCUT2D eigenvalue weighted by Gasteiger charge is -2.24. The Morgan fingerprint density at radius 1 is 1.11 bits per heavy atom. The zero-order valence-corrected chi connectivity index (χ0v) is 21.9. The molecule has 0 bridgehead atoms. The fourth-order valence-corrected chi connectivity index (χ4v) is 4.80. The number of thiophene rings is 1. The lowest BCUT2D eigenvalue weighted by molar-refractivity contribution is -0.124.